The minimum Gasteiger partial charge on any atom is -0.322 e. The number of aromatic nitrogens is 4. The van der Waals surface area contributed by atoms with Crippen molar-refractivity contribution in [2.24, 2.45) is 0 Å². The fourth-order valence-electron chi connectivity index (χ4n) is 2.51. The Labute approximate surface area is 158 Å². The maximum absolute atomic E-state index is 12.3. The number of hydrogen-bond acceptors (Lipinski definition) is 6. The average Bonchev–Trinajstić information content (AvgIpc) is 3.27. The van der Waals surface area contributed by atoms with Gasteiger partial charge in [-0.2, -0.15) is 0 Å². The molecule has 0 aliphatic carbocycles. The molecule has 0 aliphatic rings. The molecule has 130 valence electrons. The van der Waals surface area contributed by atoms with E-state index in [0.29, 0.717) is 5.69 Å². The van der Waals surface area contributed by atoms with Crippen molar-refractivity contribution in [1.29, 1.82) is 0 Å². The van der Waals surface area contributed by atoms with E-state index in [-0.39, 0.29) is 11.7 Å². The minimum absolute atomic E-state index is 0.0970. The Morgan fingerprint density at radius 3 is 2.81 bits per heavy atom. The molecule has 0 saturated heterocycles. The van der Waals surface area contributed by atoms with E-state index in [1.165, 1.54) is 23.1 Å². The van der Waals surface area contributed by atoms with Gasteiger partial charge in [0.1, 0.15) is 5.01 Å². The van der Waals surface area contributed by atoms with Crippen LogP contribution in [-0.4, -0.2) is 31.2 Å². The third-order valence-corrected chi connectivity index (χ3v) is 5.63. The summed E-state index contributed by atoms with van der Waals surface area (Å²) >= 11 is 2.87. The highest BCUT2D eigenvalue weighted by atomic mass is 32.2. The van der Waals surface area contributed by atoms with Crippen LogP contribution in [-0.2, 0) is 4.79 Å². The third-order valence-electron chi connectivity index (χ3n) is 3.66. The van der Waals surface area contributed by atoms with Gasteiger partial charge in [-0.25, -0.2) is 4.98 Å². The molecule has 4 rings (SSSR count). The van der Waals surface area contributed by atoms with Crippen LogP contribution in [0.25, 0.3) is 16.9 Å². The number of anilines is 1. The Morgan fingerprint density at radius 1 is 1.19 bits per heavy atom. The van der Waals surface area contributed by atoms with E-state index in [0.717, 1.165) is 26.3 Å². The molecule has 0 bridgehead atoms. The van der Waals surface area contributed by atoms with Crippen LogP contribution in [0.1, 0.15) is 5.01 Å². The molecule has 3 aromatic heterocycles. The number of pyridine rings is 1. The second kappa shape index (κ2) is 7.27. The lowest BCUT2D eigenvalue weighted by Crippen LogP contribution is -2.14. The van der Waals surface area contributed by atoms with Gasteiger partial charge in [0, 0.05) is 18.0 Å². The van der Waals surface area contributed by atoms with Crippen LogP contribution in [0, 0.1) is 6.92 Å². The summed E-state index contributed by atoms with van der Waals surface area (Å²) in [6.45, 7) is 1.89. The first-order valence-corrected chi connectivity index (χ1v) is 9.75. The van der Waals surface area contributed by atoms with Crippen molar-refractivity contribution < 1.29 is 4.79 Å². The number of benzene rings is 1. The van der Waals surface area contributed by atoms with Gasteiger partial charge in [-0.15, -0.1) is 10.2 Å². The molecule has 8 heteroatoms. The highest BCUT2D eigenvalue weighted by Gasteiger charge is 2.11. The normalized spacial score (nSPS) is 11.0. The summed E-state index contributed by atoms with van der Waals surface area (Å²) in [5.74, 6) is 0.183. The van der Waals surface area contributed by atoms with Gasteiger partial charge in [-0.1, -0.05) is 53.4 Å². The highest BCUT2D eigenvalue weighted by Crippen LogP contribution is 2.24. The van der Waals surface area contributed by atoms with Crippen molar-refractivity contribution >= 4 is 40.3 Å². The molecule has 6 nitrogen and oxygen atoms in total. The van der Waals surface area contributed by atoms with Crippen LogP contribution in [0.4, 0.5) is 5.69 Å². The Hall–Kier alpha value is -2.71. The molecule has 0 radical (unpaired) electrons. The number of nitrogens with one attached hydrogen (secondary N) is 1. The molecule has 0 spiro atoms. The molecule has 0 fully saturated rings. The first-order valence-electron chi connectivity index (χ1n) is 7.95. The van der Waals surface area contributed by atoms with E-state index in [1.54, 1.807) is 0 Å². The Kier molecular flexibility index (Phi) is 4.68. The summed E-state index contributed by atoms with van der Waals surface area (Å²) in [5, 5.41) is 11.8. The van der Waals surface area contributed by atoms with E-state index in [1.807, 2.05) is 66.2 Å². The average molecular weight is 381 g/mol. The summed E-state index contributed by atoms with van der Waals surface area (Å²) in [6.07, 6.45) is 3.88. The number of aryl methyl sites for hydroxylation is 1. The molecule has 0 unspecified atom stereocenters. The van der Waals surface area contributed by atoms with Crippen molar-refractivity contribution in [2.75, 3.05) is 11.1 Å². The summed E-state index contributed by atoms with van der Waals surface area (Å²) in [7, 11) is 0. The monoisotopic (exact) mass is 381 g/mol. The standard InChI is InChI=1S/C18H15N5OS2/c1-12-21-22-18(26-12)25-11-16(24)19-14-8-5-9-23-10-15(20-17(14)23)13-6-3-2-4-7-13/h2-10H,11H2,1H3,(H,19,24). The van der Waals surface area contributed by atoms with Gasteiger partial charge in [0.05, 0.1) is 17.1 Å². The molecule has 4 aromatic rings. The van der Waals surface area contributed by atoms with E-state index >= 15 is 0 Å². The van der Waals surface area contributed by atoms with Gasteiger partial charge in [0.15, 0.2) is 9.99 Å². The summed E-state index contributed by atoms with van der Waals surface area (Å²) in [5.41, 5.74) is 3.31. The first kappa shape index (κ1) is 16.7. The van der Waals surface area contributed by atoms with Gasteiger partial charge in [0.25, 0.3) is 0 Å². The van der Waals surface area contributed by atoms with Crippen LogP contribution in [0.2, 0.25) is 0 Å². The van der Waals surface area contributed by atoms with E-state index in [2.05, 4.69) is 20.5 Å². The molecule has 1 aromatic carbocycles. The zero-order valence-electron chi connectivity index (χ0n) is 13.9. The number of hydrogen-bond donors (Lipinski definition) is 1. The smallest absolute Gasteiger partial charge is 0.234 e. The Morgan fingerprint density at radius 2 is 2.04 bits per heavy atom. The zero-order chi connectivity index (χ0) is 17.9. The third kappa shape index (κ3) is 3.61. The fraction of sp³-hybridized carbons (Fsp3) is 0.111. The number of carbonyl (C=O) groups excluding carboxylic acids is 1. The van der Waals surface area contributed by atoms with Crippen molar-refractivity contribution in [2.45, 2.75) is 11.3 Å². The number of imidazole rings is 1. The van der Waals surface area contributed by atoms with Crippen molar-refractivity contribution in [1.82, 2.24) is 19.6 Å². The Bertz CT molecular complexity index is 1060. The molecule has 26 heavy (non-hydrogen) atoms. The maximum atomic E-state index is 12.3. The summed E-state index contributed by atoms with van der Waals surface area (Å²) < 4.78 is 2.71. The highest BCUT2D eigenvalue weighted by molar-refractivity contribution is 8.01. The minimum atomic E-state index is -0.0970. The van der Waals surface area contributed by atoms with E-state index in [9.17, 15) is 4.79 Å². The van der Waals surface area contributed by atoms with Gasteiger partial charge >= 0.3 is 0 Å². The van der Waals surface area contributed by atoms with Crippen LogP contribution in [0.5, 0.6) is 0 Å². The second-order valence-electron chi connectivity index (χ2n) is 5.57. The van der Waals surface area contributed by atoms with Crippen LogP contribution in [0.15, 0.2) is 59.2 Å². The number of nitrogens with zero attached hydrogens (tertiary/aromatic N) is 4. The van der Waals surface area contributed by atoms with Crippen LogP contribution >= 0.6 is 23.1 Å². The van der Waals surface area contributed by atoms with Crippen LogP contribution < -0.4 is 5.32 Å². The predicted octanol–water partition coefficient (Wildman–Crippen LogP) is 3.89. The maximum Gasteiger partial charge on any atom is 0.234 e. The number of thioether (sulfide) groups is 1. The number of rotatable bonds is 5. The lowest BCUT2D eigenvalue weighted by atomic mass is 10.2. The van der Waals surface area contributed by atoms with Crippen LogP contribution in [0.3, 0.4) is 0 Å². The van der Waals surface area contributed by atoms with Crippen molar-refractivity contribution in [3.63, 3.8) is 0 Å². The van der Waals surface area contributed by atoms with Crippen molar-refractivity contribution in [3.8, 4) is 11.3 Å². The second-order valence-corrected chi connectivity index (χ2v) is 7.97. The molecule has 1 amide bonds. The van der Waals surface area contributed by atoms with Gasteiger partial charge in [0.2, 0.25) is 5.91 Å². The quantitative estimate of drug-likeness (QED) is 0.531. The lowest BCUT2D eigenvalue weighted by Gasteiger charge is -2.05. The zero-order valence-corrected chi connectivity index (χ0v) is 15.5. The van der Waals surface area contributed by atoms with E-state index in [4.69, 9.17) is 0 Å². The molecule has 0 aliphatic heterocycles. The Balaban J connectivity index is 1.52. The van der Waals surface area contributed by atoms with Gasteiger partial charge in [-0.3, -0.25) is 4.79 Å². The largest absolute Gasteiger partial charge is 0.322 e. The molecular formula is C18H15N5OS2. The molecule has 1 N–H and O–H groups in total. The number of carbonyl (C=O) groups is 1. The molecule has 3 heterocycles. The van der Waals surface area contributed by atoms with Gasteiger partial charge in [-0.05, 0) is 19.1 Å². The topological polar surface area (TPSA) is 72.2 Å². The SMILES string of the molecule is Cc1nnc(SCC(=O)Nc2cccn3cc(-c4ccccc4)nc23)s1. The van der Waals surface area contributed by atoms with Crippen molar-refractivity contribution in [3.05, 3.63) is 59.9 Å². The van der Waals surface area contributed by atoms with Gasteiger partial charge < -0.3 is 9.72 Å². The van der Waals surface area contributed by atoms with E-state index < -0.39 is 0 Å². The lowest BCUT2D eigenvalue weighted by molar-refractivity contribution is -0.113. The summed E-state index contributed by atoms with van der Waals surface area (Å²) in [6, 6.07) is 13.7. The molecule has 0 saturated carbocycles. The summed E-state index contributed by atoms with van der Waals surface area (Å²) in [4.78, 5) is 17.0. The predicted molar refractivity (Wildman–Crippen MR) is 105 cm³/mol. The molecular weight excluding hydrogens is 366 g/mol. The molecule has 0 atom stereocenters. The number of fused-ring (bicyclic) bond motifs is 1. The fourth-order valence-corrected chi connectivity index (χ4v) is 4.12. The number of amides is 1. The first-order chi connectivity index (χ1) is 12.7.